The van der Waals surface area contributed by atoms with E-state index in [0.717, 1.165) is 28.8 Å². The Hall–Kier alpha value is -3.65. The van der Waals surface area contributed by atoms with E-state index >= 15 is 0 Å². The standard InChI is InChI=1S/C23H21ClN6O2/c1-32-15-4-2-13(3-5-15)11-30-12-26-10-19(30)16-8-17(16)23(31)29-21-7-14-6-20(24)28-22(25)18(14)9-27-21/h2-7,9-10,12,16-17H,8,11H2,1H3,(H2,25,28)(H,27,29,31). The van der Waals surface area contributed by atoms with Crippen LogP contribution in [0.4, 0.5) is 11.6 Å². The summed E-state index contributed by atoms with van der Waals surface area (Å²) in [6.45, 7) is 0.687. The number of carbonyl (C=O) groups excluding carboxylic acids is 1. The van der Waals surface area contributed by atoms with Gasteiger partial charge in [0.25, 0.3) is 0 Å². The van der Waals surface area contributed by atoms with Gasteiger partial charge in [-0.2, -0.15) is 0 Å². The first kappa shape index (κ1) is 20.3. The average molecular weight is 449 g/mol. The molecule has 1 aromatic carbocycles. The number of fused-ring (bicyclic) bond motifs is 1. The predicted molar refractivity (Wildman–Crippen MR) is 123 cm³/mol. The number of pyridine rings is 2. The molecule has 162 valence electrons. The van der Waals surface area contributed by atoms with Gasteiger partial charge in [0.05, 0.1) is 13.4 Å². The normalized spacial score (nSPS) is 17.3. The molecule has 3 aromatic heterocycles. The molecule has 32 heavy (non-hydrogen) atoms. The fourth-order valence-corrected chi connectivity index (χ4v) is 4.15. The predicted octanol–water partition coefficient (Wildman–Crippen LogP) is 3.86. The first-order chi connectivity index (χ1) is 15.5. The molecule has 2 unspecified atom stereocenters. The minimum absolute atomic E-state index is 0.0628. The Morgan fingerprint density at radius 2 is 2.09 bits per heavy atom. The third-order valence-electron chi connectivity index (χ3n) is 5.73. The van der Waals surface area contributed by atoms with Crippen molar-refractivity contribution in [2.45, 2.75) is 18.9 Å². The van der Waals surface area contributed by atoms with Crippen molar-refractivity contribution in [1.29, 1.82) is 0 Å². The number of hydrogen-bond donors (Lipinski definition) is 2. The summed E-state index contributed by atoms with van der Waals surface area (Å²) in [7, 11) is 1.65. The molecule has 4 aromatic rings. The lowest BCUT2D eigenvalue weighted by Crippen LogP contribution is -2.16. The summed E-state index contributed by atoms with van der Waals surface area (Å²) in [5.41, 5.74) is 8.08. The van der Waals surface area contributed by atoms with Crippen LogP contribution in [0.1, 0.15) is 23.6 Å². The number of anilines is 2. The molecule has 0 spiro atoms. The van der Waals surface area contributed by atoms with E-state index in [-0.39, 0.29) is 17.7 Å². The Morgan fingerprint density at radius 3 is 2.88 bits per heavy atom. The number of nitrogen functional groups attached to an aromatic ring is 1. The summed E-state index contributed by atoms with van der Waals surface area (Å²) in [6.07, 6.45) is 6.02. The molecular formula is C23H21ClN6O2. The van der Waals surface area contributed by atoms with Gasteiger partial charge >= 0.3 is 0 Å². The highest BCUT2D eigenvalue weighted by molar-refractivity contribution is 6.30. The van der Waals surface area contributed by atoms with Crippen molar-refractivity contribution in [2.24, 2.45) is 5.92 Å². The van der Waals surface area contributed by atoms with Crippen molar-refractivity contribution < 1.29 is 9.53 Å². The molecule has 1 aliphatic rings. The fraction of sp³-hybridized carbons (Fsp3) is 0.217. The number of halogens is 1. The second-order valence-corrected chi connectivity index (χ2v) is 8.24. The molecule has 3 N–H and O–H groups in total. The molecule has 1 aliphatic carbocycles. The number of nitrogens with two attached hydrogens (primary N) is 1. The van der Waals surface area contributed by atoms with Crippen molar-refractivity contribution in [3.05, 3.63) is 71.5 Å². The second-order valence-electron chi connectivity index (χ2n) is 7.85. The zero-order chi connectivity index (χ0) is 22.2. The summed E-state index contributed by atoms with van der Waals surface area (Å²) in [4.78, 5) is 25.5. The molecule has 1 fully saturated rings. The quantitative estimate of drug-likeness (QED) is 0.433. The van der Waals surface area contributed by atoms with Gasteiger partial charge in [-0.3, -0.25) is 4.79 Å². The monoisotopic (exact) mass is 448 g/mol. The number of nitrogens with one attached hydrogen (secondary N) is 1. The topological polar surface area (TPSA) is 108 Å². The van der Waals surface area contributed by atoms with Gasteiger partial charge in [0.2, 0.25) is 5.91 Å². The minimum Gasteiger partial charge on any atom is -0.497 e. The molecular weight excluding hydrogens is 428 g/mol. The summed E-state index contributed by atoms with van der Waals surface area (Å²) in [5.74, 6) is 1.54. The summed E-state index contributed by atoms with van der Waals surface area (Å²) < 4.78 is 7.31. The molecule has 3 heterocycles. The molecule has 1 saturated carbocycles. The van der Waals surface area contributed by atoms with Crippen LogP contribution in [-0.4, -0.2) is 32.5 Å². The molecule has 0 saturated heterocycles. The van der Waals surface area contributed by atoms with Gasteiger partial charge in [0.15, 0.2) is 0 Å². The Morgan fingerprint density at radius 1 is 1.28 bits per heavy atom. The van der Waals surface area contributed by atoms with Gasteiger partial charge in [0, 0.05) is 41.9 Å². The number of carbonyl (C=O) groups is 1. The first-order valence-corrected chi connectivity index (χ1v) is 10.5. The van der Waals surface area contributed by atoms with Crippen LogP contribution in [0.25, 0.3) is 10.8 Å². The van der Waals surface area contributed by atoms with Crippen LogP contribution in [0.3, 0.4) is 0 Å². The molecule has 0 radical (unpaired) electrons. The second kappa shape index (κ2) is 8.12. The number of hydrogen-bond acceptors (Lipinski definition) is 6. The number of imidazole rings is 1. The van der Waals surface area contributed by atoms with E-state index in [1.807, 2.05) is 30.5 Å². The van der Waals surface area contributed by atoms with Crippen LogP contribution in [0.2, 0.25) is 5.15 Å². The van der Waals surface area contributed by atoms with Crippen LogP contribution in [0, 0.1) is 5.92 Å². The van der Waals surface area contributed by atoms with E-state index in [9.17, 15) is 4.79 Å². The molecule has 8 nitrogen and oxygen atoms in total. The zero-order valence-corrected chi connectivity index (χ0v) is 18.1. The summed E-state index contributed by atoms with van der Waals surface area (Å²) in [6, 6.07) is 11.4. The Kier molecular flexibility index (Phi) is 5.14. The number of aromatic nitrogens is 4. The van der Waals surface area contributed by atoms with Crippen molar-refractivity contribution in [3.8, 4) is 5.75 Å². The number of rotatable bonds is 6. The van der Waals surface area contributed by atoms with Crippen molar-refractivity contribution >= 4 is 39.9 Å². The maximum Gasteiger partial charge on any atom is 0.229 e. The molecule has 5 rings (SSSR count). The van der Waals surface area contributed by atoms with Crippen LogP contribution in [0.15, 0.2) is 55.1 Å². The number of methoxy groups -OCH3 is 1. The highest BCUT2D eigenvalue weighted by Gasteiger charge is 2.45. The Labute approximate surface area is 189 Å². The van der Waals surface area contributed by atoms with Gasteiger partial charge in [-0.15, -0.1) is 0 Å². The first-order valence-electron chi connectivity index (χ1n) is 10.2. The van der Waals surface area contributed by atoms with Gasteiger partial charge in [-0.1, -0.05) is 23.7 Å². The van der Waals surface area contributed by atoms with Crippen molar-refractivity contribution in [1.82, 2.24) is 19.5 Å². The van der Waals surface area contributed by atoms with Gasteiger partial charge < -0.3 is 20.4 Å². The Bertz CT molecular complexity index is 1300. The third-order valence-corrected chi connectivity index (χ3v) is 5.92. The average Bonchev–Trinajstić information content (AvgIpc) is 3.45. The SMILES string of the molecule is COc1ccc(Cn2cncc2C2CC2C(=O)Nc2cc3cc(Cl)nc(N)c3cn2)cc1. The fourth-order valence-electron chi connectivity index (χ4n) is 3.94. The molecule has 2 atom stereocenters. The third kappa shape index (κ3) is 3.97. The van der Waals surface area contributed by atoms with E-state index in [0.29, 0.717) is 28.7 Å². The molecule has 0 aliphatic heterocycles. The van der Waals surface area contributed by atoms with Gasteiger partial charge in [-0.05, 0) is 41.6 Å². The maximum atomic E-state index is 12.8. The lowest BCUT2D eigenvalue weighted by Gasteiger charge is -2.10. The van der Waals surface area contributed by atoms with Crippen LogP contribution >= 0.6 is 11.6 Å². The number of amides is 1. The molecule has 1 amide bonds. The van der Waals surface area contributed by atoms with Crippen LogP contribution < -0.4 is 15.8 Å². The van der Waals surface area contributed by atoms with Crippen LogP contribution in [-0.2, 0) is 11.3 Å². The summed E-state index contributed by atoms with van der Waals surface area (Å²) in [5, 5.41) is 4.68. The lowest BCUT2D eigenvalue weighted by molar-refractivity contribution is -0.117. The highest BCUT2D eigenvalue weighted by atomic mass is 35.5. The van der Waals surface area contributed by atoms with Crippen LogP contribution in [0.5, 0.6) is 5.75 Å². The van der Waals surface area contributed by atoms with E-state index < -0.39 is 0 Å². The summed E-state index contributed by atoms with van der Waals surface area (Å²) >= 11 is 5.99. The zero-order valence-electron chi connectivity index (χ0n) is 17.3. The number of ether oxygens (including phenoxy) is 1. The smallest absolute Gasteiger partial charge is 0.229 e. The van der Waals surface area contributed by atoms with Gasteiger partial charge in [0.1, 0.15) is 22.5 Å². The van der Waals surface area contributed by atoms with Crippen molar-refractivity contribution in [2.75, 3.05) is 18.2 Å². The largest absolute Gasteiger partial charge is 0.497 e. The lowest BCUT2D eigenvalue weighted by atomic mass is 10.2. The van der Waals surface area contributed by atoms with Gasteiger partial charge in [-0.25, -0.2) is 15.0 Å². The molecule has 0 bridgehead atoms. The number of nitrogens with zero attached hydrogens (tertiary/aromatic N) is 4. The Balaban J connectivity index is 1.27. The van der Waals surface area contributed by atoms with E-state index in [1.54, 1.807) is 31.8 Å². The van der Waals surface area contributed by atoms with E-state index in [1.165, 1.54) is 0 Å². The maximum absolute atomic E-state index is 12.8. The minimum atomic E-state index is -0.120. The van der Waals surface area contributed by atoms with E-state index in [4.69, 9.17) is 22.1 Å². The van der Waals surface area contributed by atoms with E-state index in [2.05, 4.69) is 24.8 Å². The number of benzene rings is 1. The van der Waals surface area contributed by atoms with Crippen molar-refractivity contribution in [3.63, 3.8) is 0 Å². The molecule has 9 heteroatoms. The highest BCUT2D eigenvalue weighted by Crippen LogP contribution is 2.48.